The average Bonchev–Trinajstić information content (AvgIpc) is 3.25. The second-order valence-electron chi connectivity index (χ2n) is 7.79. The molecule has 2 bridgehead atoms. The van der Waals surface area contributed by atoms with E-state index in [2.05, 4.69) is 10.3 Å². The van der Waals surface area contributed by atoms with Gasteiger partial charge in [-0.25, -0.2) is 9.88 Å². The van der Waals surface area contributed by atoms with Crippen LogP contribution in [0.25, 0.3) is 5.65 Å². The summed E-state index contributed by atoms with van der Waals surface area (Å²) in [6.07, 6.45) is 4.63. The van der Waals surface area contributed by atoms with Crippen LogP contribution in [-0.4, -0.2) is 56.2 Å². The molecule has 0 spiro atoms. The number of hydrogen-bond acceptors (Lipinski definition) is 6. The van der Waals surface area contributed by atoms with Crippen molar-refractivity contribution >= 4 is 23.1 Å². The summed E-state index contributed by atoms with van der Waals surface area (Å²) >= 11 is 0. The van der Waals surface area contributed by atoms with Gasteiger partial charge < -0.3 is 19.6 Å². The van der Waals surface area contributed by atoms with Crippen LogP contribution >= 0.6 is 0 Å². The highest BCUT2D eigenvalue weighted by molar-refractivity contribution is 6.27. The third-order valence-electron chi connectivity index (χ3n) is 6.56. The molecule has 0 aromatic carbocycles. The fourth-order valence-corrected chi connectivity index (χ4v) is 5.38. The van der Waals surface area contributed by atoms with Gasteiger partial charge in [-0.05, 0) is 33.0 Å². The van der Waals surface area contributed by atoms with Crippen LogP contribution in [0, 0.1) is 5.92 Å². The Bertz CT molecular complexity index is 973. The lowest BCUT2D eigenvalue weighted by Gasteiger charge is -2.42. The molecule has 3 saturated heterocycles. The van der Waals surface area contributed by atoms with Crippen molar-refractivity contribution in [1.82, 2.24) is 14.7 Å². The van der Waals surface area contributed by atoms with Crippen molar-refractivity contribution < 1.29 is 19.4 Å². The Kier molecular flexibility index (Phi) is 2.76. The Labute approximate surface area is 149 Å². The number of pyridine rings is 1. The molecule has 5 rings (SSSR count). The molecule has 3 fully saturated rings. The van der Waals surface area contributed by atoms with Gasteiger partial charge in [-0.2, -0.15) is 0 Å². The summed E-state index contributed by atoms with van der Waals surface area (Å²) in [4.78, 5) is 32.3. The van der Waals surface area contributed by atoms with Crippen LogP contribution in [0.4, 0.5) is 5.69 Å². The largest absolute Gasteiger partial charge is 0.390 e. The van der Waals surface area contributed by atoms with Gasteiger partial charge in [0.15, 0.2) is 0 Å². The second kappa shape index (κ2) is 4.51. The van der Waals surface area contributed by atoms with Crippen LogP contribution in [0.3, 0.4) is 0 Å². The van der Waals surface area contributed by atoms with E-state index in [0.717, 1.165) is 5.65 Å². The van der Waals surface area contributed by atoms with Crippen molar-refractivity contribution in [2.24, 2.45) is 5.92 Å². The molecule has 3 aliphatic rings. The number of aliphatic hydroxyl groups is 1. The molecule has 3 aliphatic heterocycles. The number of ether oxygens (including phenoxy) is 1. The van der Waals surface area contributed by atoms with Crippen molar-refractivity contribution in [3.63, 3.8) is 0 Å². The SMILES string of the molecule is CN[C@@]12C(=O)N(c3ccc4nccn4c3)C(=O)C1C1(C)OC2(C)C[C@H]1O. The lowest BCUT2D eigenvalue weighted by atomic mass is 9.62. The Morgan fingerprint density at radius 2 is 2.12 bits per heavy atom. The summed E-state index contributed by atoms with van der Waals surface area (Å²) in [5.74, 6) is -1.49. The molecule has 2 aromatic heterocycles. The number of fused-ring (bicyclic) bond motifs is 6. The number of aromatic nitrogens is 2. The Morgan fingerprint density at radius 3 is 2.85 bits per heavy atom. The first-order valence-corrected chi connectivity index (χ1v) is 8.67. The van der Waals surface area contributed by atoms with E-state index in [0.29, 0.717) is 12.1 Å². The van der Waals surface area contributed by atoms with Crippen molar-refractivity contribution in [3.8, 4) is 0 Å². The Balaban J connectivity index is 1.69. The summed E-state index contributed by atoms with van der Waals surface area (Å²) in [5.41, 5.74) is -2.04. The Morgan fingerprint density at radius 1 is 1.35 bits per heavy atom. The minimum absolute atomic E-state index is 0.300. The molecule has 5 atom stereocenters. The molecule has 8 nitrogen and oxygen atoms in total. The third kappa shape index (κ3) is 1.47. The topological polar surface area (TPSA) is 96.2 Å². The molecule has 0 aliphatic carbocycles. The summed E-state index contributed by atoms with van der Waals surface area (Å²) in [7, 11) is 1.67. The van der Waals surface area contributed by atoms with Crippen LogP contribution in [0.5, 0.6) is 0 Å². The molecule has 2 amide bonds. The highest BCUT2D eigenvalue weighted by Crippen LogP contribution is 2.62. The summed E-state index contributed by atoms with van der Waals surface area (Å²) in [5, 5.41) is 13.6. The number of anilines is 1. The monoisotopic (exact) mass is 356 g/mol. The van der Waals surface area contributed by atoms with Gasteiger partial charge in [-0.15, -0.1) is 0 Å². The lowest BCUT2D eigenvalue weighted by Crippen LogP contribution is -2.68. The lowest BCUT2D eigenvalue weighted by molar-refractivity contribution is -0.132. The highest BCUT2D eigenvalue weighted by atomic mass is 16.6. The van der Waals surface area contributed by atoms with E-state index in [4.69, 9.17) is 4.74 Å². The van der Waals surface area contributed by atoms with Crippen LogP contribution in [0.2, 0.25) is 0 Å². The number of amides is 2. The molecule has 26 heavy (non-hydrogen) atoms. The first kappa shape index (κ1) is 15.9. The minimum Gasteiger partial charge on any atom is -0.390 e. The number of carbonyl (C=O) groups is 2. The maximum atomic E-state index is 13.5. The average molecular weight is 356 g/mol. The number of nitrogens with zero attached hydrogens (tertiary/aromatic N) is 3. The molecular formula is C18H20N4O4. The molecule has 3 unspecified atom stereocenters. The number of hydrogen-bond donors (Lipinski definition) is 2. The summed E-state index contributed by atoms with van der Waals surface area (Å²) in [6.45, 7) is 3.52. The van der Waals surface area contributed by atoms with E-state index in [9.17, 15) is 14.7 Å². The standard InChI is InChI=1S/C18H20N4O4/c1-16-8-11(23)17(2,26-16)13-14(24)22(15(25)18(13,16)19-3)10-4-5-12-20-6-7-21(12)9-10/h4-7,9,11,13,19,23H,8H2,1-3H3/t11-,13?,16?,17?,18-/m1/s1. The van der Waals surface area contributed by atoms with Gasteiger partial charge in [0.25, 0.3) is 5.91 Å². The third-order valence-corrected chi connectivity index (χ3v) is 6.56. The first-order chi connectivity index (χ1) is 12.3. The number of imidazole rings is 1. The van der Waals surface area contributed by atoms with E-state index in [1.807, 2.05) is 0 Å². The normalized spacial score (nSPS) is 41.5. The van der Waals surface area contributed by atoms with Gasteiger partial charge in [-0.3, -0.25) is 9.59 Å². The van der Waals surface area contributed by atoms with Crippen molar-refractivity contribution in [1.29, 1.82) is 0 Å². The molecule has 2 N–H and O–H groups in total. The summed E-state index contributed by atoms with van der Waals surface area (Å²) in [6, 6.07) is 3.48. The quantitative estimate of drug-likeness (QED) is 0.741. The zero-order valence-electron chi connectivity index (χ0n) is 14.8. The van der Waals surface area contributed by atoms with Crippen LogP contribution in [0.15, 0.2) is 30.7 Å². The van der Waals surface area contributed by atoms with E-state index in [1.54, 1.807) is 56.0 Å². The second-order valence-corrected chi connectivity index (χ2v) is 7.79. The number of aliphatic hydroxyl groups excluding tert-OH is 1. The predicted octanol–water partition coefficient (Wildman–Crippen LogP) is 0.0941. The van der Waals surface area contributed by atoms with E-state index in [1.165, 1.54) is 4.90 Å². The van der Waals surface area contributed by atoms with Crippen LogP contribution in [-0.2, 0) is 14.3 Å². The van der Waals surface area contributed by atoms with E-state index < -0.39 is 28.8 Å². The van der Waals surface area contributed by atoms with Crippen molar-refractivity contribution in [3.05, 3.63) is 30.7 Å². The van der Waals surface area contributed by atoms with E-state index >= 15 is 0 Å². The number of likely N-dealkylation sites (N-methyl/N-ethyl adjacent to an activating group) is 1. The molecule has 8 heteroatoms. The zero-order chi connectivity index (χ0) is 18.5. The molecule has 136 valence electrons. The van der Waals surface area contributed by atoms with Crippen LogP contribution < -0.4 is 10.2 Å². The van der Waals surface area contributed by atoms with Crippen LogP contribution in [0.1, 0.15) is 20.3 Å². The van der Waals surface area contributed by atoms with Gasteiger partial charge in [-0.1, -0.05) is 0 Å². The van der Waals surface area contributed by atoms with Gasteiger partial charge in [0.1, 0.15) is 22.7 Å². The first-order valence-electron chi connectivity index (χ1n) is 8.67. The zero-order valence-corrected chi connectivity index (χ0v) is 14.8. The Hall–Kier alpha value is -2.29. The van der Waals surface area contributed by atoms with Gasteiger partial charge in [0.2, 0.25) is 5.91 Å². The fraction of sp³-hybridized carbons (Fsp3) is 0.500. The smallest absolute Gasteiger partial charge is 0.258 e. The van der Waals surface area contributed by atoms with Gasteiger partial charge >= 0.3 is 0 Å². The maximum Gasteiger partial charge on any atom is 0.258 e. The van der Waals surface area contributed by atoms with Crippen molar-refractivity contribution in [2.45, 2.75) is 43.1 Å². The molecular weight excluding hydrogens is 336 g/mol. The van der Waals surface area contributed by atoms with Crippen molar-refractivity contribution in [2.75, 3.05) is 11.9 Å². The number of nitrogens with one attached hydrogen (secondary N) is 1. The molecule has 0 radical (unpaired) electrons. The number of carbonyl (C=O) groups excluding carboxylic acids is 2. The highest BCUT2D eigenvalue weighted by Gasteiger charge is 2.83. The summed E-state index contributed by atoms with van der Waals surface area (Å²) < 4.78 is 7.87. The van der Waals surface area contributed by atoms with Gasteiger partial charge in [0.05, 0.1) is 17.4 Å². The van der Waals surface area contributed by atoms with Gasteiger partial charge in [0, 0.05) is 25.0 Å². The molecule has 0 saturated carbocycles. The fourth-order valence-electron chi connectivity index (χ4n) is 5.38. The molecule has 2 aromatic rings. The molecule has 5 heterocycles. The number of imide groups is 1. The predicted molar refractivity (Wildman–Crippen MR) is 91.5 cm³/mol. The minimum atomic E-state index is -1.19. The maximum absolute atomic E-state index is 13.5. The van der Waals surface area contributed by atoms with E-state index in [-0.39, 0.29) is 11.8 Å². The number of rotatable bonds is 2.